The van der Waals surface area contributed by atoms with Crippen molar-refractivity contribution in [3.63, 3.8) is 0 Å². The maximum atomic E-state index is 11.5. The molecule has 2 N–H and O–H groups in total. The standard InChI is InChI=1S/C13H26N4OS2.HI/c1-5-8-20-10-7-15-13(14-6-9-19-4)16-11-12(18)17(2)3;/h5H,1,6-11H2,2-4H3,(H2,14,15,16);1H. The van der Waals surface area contributed by atoms with Crippen molar-refractivity contribution in [2.75, 3.05) is 57.2 Å². The number of nitrogens with zero attached hydrogens (tertiary/aromatic N) is 2. The van der Waals surface area contributed by atoms with E-state index < -0.39 is 0 Å². The molecule has 0 aliphatic heterocycles. The summed E-state index contributed by atoms with van der Waals surface area (Å²) >= 11 is 3.58. The average molecular weight is 446 g/mol. The minimum absolute atomic E-state index is 0. The van der Waals surface area contributed by atoms with Crippen molar-refractivity contribution in [2.45, 2.75) is 0 Å². The summed E-state index contributed by atoms with van der Waals surface area (Å²) in [6, 6.07) is 0. The second-order valence-electron chi connectivity index (χ2n) is 4.16. The highest BCUT2D eigenvalue weighted by Crippen LogP contribution is 1.97. The second kappa shape index (κ2) is 16.3. The number of likely N-dealkylation sites (N-methyl/N-ethyl adjacent to an activating group) is 1. The smallest absolute Gasteiger partial charge is 0.243 e. The summed E-state index contributed by atoms with van der Waals surface area (Å²) < 4.78 is 0. The van der Waals surface area contributed by atoms with Crippen LogP contribution in [-0.4, -0.2) is 74.0 Å². The summed E-state index contributed by atoms with van der Waals surface area (Å²) in [4.78, 5) is 17.4. The van der Waals surface area contributed by atoms with Gasteiger partial charge in [0.25, 0.3) is 0 Å². The molecule has 0 unspecified atom stereocenters. The quantitative estimate of drug-likeness (QED) is 0.175. The number of hydrogen-bond acceptors (Lipinski definition) is 4. The number of guanidine groups is 1. The maximum Gasteiger partial charge on any atom is 0.243 e. The molecular weight excluding hydrogens is 419 g/mol. The van der Waals surface area contributed by atoms with E-state index in [1.165, 1.54) is 0 Å². The van der Waals surface area contributed by atoms with Gasteiger partial charge >= 0.3 is 0 Å². The minimum atomic E-state index is -0.00278. The van der Waals surface area contributed by atoms with Gasteiger partial charge in [-0.15, -0.1) is 30.6 Å². The molecule has 0 bridgehead atoms. The molecule has 21 heavy (non-hydrogen) atoms. The molecule has 0 atom stereocenters. The molecule has 0 aromatic rings. The molecule has 0 aromatic carbocycles. The Balaban J connectivity index is 0. The average Bonchev–Trinajstić information content (AvgIpc) is 2.43. The number of rotatable bonds is 10. The monoisotopic (exact) mass is 446 g/mol. The van der Waals surface area contributed by atoms with Crippen LogP contribution in [0.3, 0.4) is 0 Å². The van der Waals surface area contributed by atoms with E-state index in [2.05, 4.69) is 28.5 Å². The van der Waals surface area contributed by atoms with E-state index in [-0.39, 0.29) is 36.4 Å². The number of nitrogens with one attached hydrogen (secondary N) is 2. The van der Waals surface area contributed by atoms with E-state index in [9.17, 15) is 4.79 Å². The van der Waals surface area contributed by atoms with Crippen molar-refractivity contribution in [1.29, 1.82) is 0 Å². The van der Waals surface area contributed by atoms with Crippen molar-refractivity contribution in [1.82, 2.24) is 15.5 Å². The number of amides is 1. The topological polar surface area (TPSA) is 56.7 Å². The molecule has 5 nitrogen and oxygen atoms in total. The van der Waals surface area contributed by atoms with Gasteiger partial charge in [0.2, 0.25) is 5.91 Å². The zero-order valence-electron chi connectivity index (χ0n) is 13.1. The van der Waals surface area contributed by atoms with Crippen LogP contribution in [0.1, 0.15) is 0 Å². The van der Waals surface area contributed by atoms with Crippen LogP contribution in [0.2, 0.25) is 0 Å². The van der Waals surface area contributed by atoms with Gasteiger partial charge in [0.05, 0.1) is 0 Å². The molecule has 0 aromatic heterocycles. The highest BCUT2D eigenvalue weighted by atomic mass is 127. The van der Waals surface area contributed by atoms with Crippen LogP contribution in [-0.2, 0) is 4.79 Å². The largest absolute Gasteiger partial charge is 0.356 e. The summed E-state index contributed by atoms with van der Waals surface area (Å²) in [5.74, 6) is 3.64. The van der Waals surface area contributed by atoms with Gasteiger partial charge < -0.3 is 15.5 Å². The van der Waals surface area contributed by atoms with Crippen LogP contribution < -0.4 is 10.6 Å². The fourth-order valence-corrected chi connectivity index (χ4v) is 2.03. The molecule has 0 fully saturated rings. The van der Waals surface area contributed by atoms with Gasteiger partial charge in [-0.3, -0.25) is 4.79 Å². The van der Waals surface area contributed by atoms with E-state index in [0.29, 0.717) is 5.96 Å². The lowest BCUT2D eigenvalue weighted by atomic mass is 10.5. The van der Waals surface area contributed by atoms with E-state index in [0.717, 1.165) is 30.3 Å². The summed E-state index contributed by atoms with van der Waals surface area (Å²) in [6.45, 7) is 5.51. The van der Waals surface area contributed by atoms with Gasteiger partial charge in [-0.25, -0.2) is 4.99 Å². The van der Waals surface area contributed by atoms with Crippen LogP contribution in [0.15, 0.2) is 17.6 Å². The molecule has 124 valence electrons. The van der Waals surface area contributed by atoms with Gasteiger partial charge in [0, 0.05) is 44.4 Å². The zero-order valence-corrected chi connectivity index (χ0v) is 17.0. The molecule has 0 heterocycles. The van der Waals surface area contributed by atoms with Crippen molar-refractivity contribution in [3.8, 4) is 0 Å². The molecule has 0 spiro atoms. The fourth-order valence-electron chi connectivity index (χ4n) is 1.14. The molecule has 1 amide bonds. The van der Waals surface area contributed by atoms with Crippen LogP contribution in [0.25, 0.3) is 0 Å². The predicted octanol–water partition coefficient (Wildman–Crippen LogP) is 1.51. The van der Waals surface area contributed by atoms with E-state index in [1.54, 1.807) is 30.8 Å². The van der Waals surface area contributed by atoms with Crippen LogP contribution in [0.5, 0.6) is 0 Å². The normalized spacial score (nSPS) is 10.5. The Morgan fingerprint density at radius 2 is 1.90 bits per heavy atom. The van der Waals surface area contributed by atoms with Crippen molar-refractivity contribution in [3.05, 3.63) is 12.7 Å². The minimum Gasteiger partial charge on any atom is -0.356 e. The van der Waals surface area contributed by atoms with Crippen molar-refractivity contribution in [2.24, 2.45) is 4.99 Å². The number of aliphatic imine (C=N–C) groups is 1. The summed E-state index contributed by atoms with van der Waals surface area (Å²) in [5.41, 5.74) is 0. The second-order valence-corrected chi connectivity index (χ2v) is 6.30. The van der Waals surface area contributed by atoms with Crippen LogP contribution >= 0.6 is 47.5 Å². The molecule has 0 aliphatic rings. The Labute approximate surface area is 154 Å². The Hall–Kier alpha value is -0.0900. The number of carbonyl (C=O) groups excluding carboxylic acids is 1. The first-order valence-electron chi connectivity index (χ1n) is 6.51. The van der Waals surface area contributed by atoms with Gasteiger partial charge in [0.1, 0.15) is 6.54 Å². The third-order valence-corrected chi connectivity index (χ3v) is 3.82. The van der Waals surface area contributed by atoms with Crippen LogP contribution in [0, 0.1) is 0 Å². The van der Waals surface area contributed by atoms with E-state index in [1.807, 2.05) is 17.8 Å². The lowest BCUT2D eigenvalue weighted by Gasteiger charge is -2.13. The number of thioether (sulfide) groups is 2. The third-order valence-electron chi connectivity index (χ3n) is 2.24. The molecule has 0 aliphatic carbocycles. The van der Waals surface area contributed by atoms with Gasteiger partial charge in [-0.2, -0.15) is 23.5 Å². The Morgan fingerprint density at radius 3 is 2.43 bits per heavy atom. The highest BCUT2D eigenvalue weighted by molar-refractivity contribution is 14.0. The number of carbonyl (C=O) groups is 1. The highest BCUT2D eigenvalue weighted by Gasteiger charge is 2.04. The third kappa shape index (κ3) is 14.6. The van der Waals surface area contributed by atoms with E-state index >= 15 is 0 Å². The molecule has 0 saturated carbocycles. The molecule has 0 rings (SSSR count). The number of hydrogen-bond donors (Lipinski definition) is 2. The van der Waals surface area contributed by atoms with E-state index in [4.69, 9.17) is 0 Å². The summed E-state index contributed by atoms with van der Waals surface area (Å²) in [6.07, 6.45) is 3.96. The van der Waals surface area contributed by atoms with Gasteiger partial charge in [0.15, 0.2) is 5.96 Å². The van der Waals surface area contributed by atoms with Crippen molar-refractivity contribution >= 4 is 59.4 Å². The summed E-state index contributed by atoms with van der Waals surface area (Å²) in [7, 11) is 3.47. The first kappa shape index (κ1) is 23.2. The summed E-state index contributed by atoms with van der Waals surface area (Å²) in [5, 5.41) is 6.46. The molecule has 8 heteroatoms. The van der Waals surface area contributed by atoms with Crippen LogP contribution in [0.4, 0.5) is 0 Å². The molecule has 0 radical (unpaired) electrons. The lowest BCUT2D eigenvalue weighted by Crippen LogP contribution is -2.40. The number of halogens is 1. The molecule has 0 saturated heterocycles. The fraction of sp³-hybridized carbons (Fsp3) is 0.692. The van der Waals surface area contributed by atoms with Crippen molar-refractivity contribution < 1.29 is 4.79 Å². The zero-order chi connectivity index (χ0) is 15.2. The first-order valence-corrected chi connectivity index (χ1v) is 9.06. The maximum absolute atomic E-state index is 11.5. The Bertz CT molecular complexity index is 315. The molecular formula is C13H27IN4OS2. The lowest BCUT2D eigenvalue weighted by molar-refractivity contribution is -0.127. The van der Waals surface area contributed by atoms with Gasteiger partial charge in [-0.1, -0.05) is 6.08 Å². The predicted molar refractivity (Wildman–Crippen MR) is 108 cm³/mol. The Kier molecular flexibility index (Phi) is 18.0. The first-order chi connectivity index (χ1) is 9.61. The van der Waals surface area contributed by atoms with Gasteiger partial charge in [-0.05, 0) is 6.26 Å². The Morgan fingerprint density at radius 1 is 1.29 bits per heavy atom. The SMILES string of the molecule is C=CCSCCNC(=NCC(=O)N(C)C)NCCSC.I.